The van der Waals surface area contributed by atoms with E-state index in [0.717, 1.165) is 12.1 Å². The molecule has 0 saturated carbocycles. The molecule has 0 aliphatic rings. The molecule has 0 heterocycles. The molecule has 18 heavy (non-hydrogen) atoms. The van der Waals surface area contributed by atoms with Crippen molar-refractivity contribution in [1.82, 2.24) is 5.32 Å². The zero-order chi connectivity index (χ0) is 13.7. The van der Waals surface area contributed by atoms with Gasteiger partial charge in [-0.15, -0.1) is 0 Å². The molecular formula is C13H17F2NO2. The highest BCUT2D eigenvalue weighted by atomic mass is 19.1. The van der Waals surface area contributed by atoms with Crippen LogP contribution in [0.3, 0.4) is 0 Å². The van der Waals surface area contributed by atoms with E-state index < -0.39 is 11.6 Å². The van der Waals surface area contributed by atoms with Crippen molar-refractivity contribution in [1.29, 1.82) is 0 Å². The van der Waals surface area contributed by atoms with Crippen molar-refractivity contribution in [2.75, 3.05) is 13.7 Å². The molecule has 0 saturated heterocycles. The lowest BCUT2D eigenvalue weighted by Crippen LogP contribution is -2.20. The molecule has 0 spiro atoms. The van der Waals surface area contributed by atoms with Gasteiger partial charge in [-0.1, -0.05) is 13.8 Å². The highest BCUT2D eigenvalue weighted by Crippen LogP contribution is 2.30. The molecule has 0 aliphatic heterocycles. The van der Waals surface area contributed by atoms with E-state index in [1.807, 2.05) is 0 Å². The molecule has 0 atom stereocenters. The Morgan fingerprint density at radius 3 is 2.61 bits per heavy atom. The SMILES string of the molecule is CNC(=O)CCOc1cc(F)cc(F)c1C(C)C. The zero-order valence-electron chi connectivity index (χ0n) is 10.7. The fraction of sp³-hybridized carbons (Fsp3) is 0.462. The summed E-state index contributed by atoms with van der Waals surface area (Å²) in [4.78, 5) is 11.0. The number of carbonyl (C=O) groups is 1. The minimum atomic E-state index is -0.688. The Morgan fingerprint density at radius 1 is 1.39 bits per heavy atom. The lowest BCUT2D eigenvalue weighted by Gasteiger charge is -2.15. The van der Waals surface area contributed by atoms with Crippen LogP contribution in [0.15, 0.2) is 12.1 Å². The van der Waals surface area contributed by atoms with E-state index in [-0.39, 0.29) is 30.6 Å². The van der Waals surface area contributed by atoms with Crippen LogP contribution < -0.4 is 10.1 Å². The Kier molecular flexibility index (Phi) is 5.07. The van der Waals surface area contributed by atoms with Crippen LogP contribution in [-0.2, 0) is 4.79 Å². The summed E-state index contributed by atoms with van der Waals surface area (Å²) in [6.07, 6.45) is 0.145. The largest absolute Gasteiger partial charge is 0.493 e. The van der Waals surface area contributed by atoms with Crippen molar-refractivity contribution in [3.63, 3.8) is 0 Å². The maximum Gasteiger partial charge on any atom is 0.223 e. The molecule has 0 bridgehead atoms. The second-order valence-electron chi connectivity index (χ2n) is 4.23. The van der Waals surface area contributed by atoms with Crippen LogP contribution >= 0.6 is 0 Å². The molecule has 0 fully saturated rings. The predicted molar refractivity (Wildman–Crippen MR) is 64.6 cm³/mol. The molecule has 1 amide bonds. The monoisotopic (exact) mass is 257 g/mol. The van der Waals surface area contributed by atoms with Crippen LogP contribution in [0.4, 0.5) is 8.78 Å². The summed E-state index contributed by atoms with van der Waals surface area (Å²) in [7, 11) is 1.52. The first-order valence-corrected chi connectivity index (χ1v) is 5.78. The van der Waals surface area contributed by atoms with Gasteiger partial charge in [0.25, 0.3) is 0 Å². The maximum absolute atomic E-state index is 13.6. The normalized spacial score (nSPS) is 10.6. The van der Waals surface area contributed by atoms with Gasteiger partial charge < -0.3 is 10.1 Å². The number of benzene rings is 1. The smallest absolute Gasteiger partial charge is 0.223 e. The van der Waals surface area contributed by atoms with Crippen LogP contribution in [0.2, 0.25) is 0 Å². The number of nitrogens with one attached hydrogen (secondary N) is 1. The molecule has 1 aromatic rings. The number of rotatable bonds is 5. The van der Waals surface area contributed by atoms with Gasteiger partial charge in [0, 0.05) is 24.7 Å². The first-order chi connectivity index (χ1) is 8.45. The summed E-state index contributed by atoms with van der Waals surface area (Å²) < 4.78 is 32.0. The molecule has 0 aliphatic carbocycles. The van der Waals surface area contributed by atoms with Crippen LogP contribution in [-0.4, -0.2) is 19.6 Å². The molecule has 1 N–H and O–H groups in total. The predicted octanol–water partition coefficient (Wildman–Crippen LogP) is 2.60. The van der Waals surface area contributed by atoms with Crippen molar-refractivity contribution >= 4 is 5.91 Å². The third-order valence-electron chi connectivity index (χ3n) is 2.50. The summed E-state index contributed by atoms with van der Waals surface area (Å²) in [5.74, 6) is -1.46. The van der Waals surface area contributed by atoms with Gasteiger partial charge in [-0.05, 0) is 5.92 Å². The van der Waals surface area contributed by atoms with Crippen LogP contribution in [0.1, 0.15) is 31.7 Å². The van der Waals surface area contributed by atoms with Gasteiger partial charge in [-0.2, -0.15) is 0 Å². The van der Waals surface area contributed by atoms with Crippen molar-refractivity contribution < 1.29 is 18.3 Å². The fourth-order valence-electron chi connectivity index (χ4n) is 1.62. The summed E-state index contributed by atoms with van der Waals surface area (Å²) in [6.45, 7) is 3.67. The van der Waals surface area contributed by atoms with Crippen LogP contribution in [0.25, 0.3) is 0 Å². The number of carbonyl (C=O) groups excluding carboxylic acids is 1. The van der Waals surface area contributed by atoms with Gasteiger partial charge in [-0.3, -0.25) is 4.79 Å². The molecule has 1 aromatic carbocycles. The van der Waals surface area contributed by atoms with Gasteiger partial charge >= 0.3 is 0 Å². The first-order valence-electron chi connectivity index (χ1n) is 5.78. The van der Waals surface area contributed by atoms with E-state index in [0.29, 0.717) is 5.56 Å². The second kappa shape index (κ2) is 6.33. The average molecular weight is 257 g/mol. The van der Waals surface area contributed by atoms with Gasteiger partial charge in [-0.25, -0.2) is 8.78 Å². The van der Waals surface area contributed by atoms with Crippen LogP contribution in [0, 0.1) is 11.6 Å². The molecular weight excluding hydrogens is 240 g/mol. The van der Waals surface area contributed by atoms with Crippen LogP contribution in [0.5, 0.6) is 5.75 Å². The molecule has 1 rings (SSSR count). The Balaban J connectivity index is 2.83. The lowest BCUT2D eigenvalue weighted by atomic mass is 10.0. The minimum Gasteiger partial charge on any atom is -0.493 e. The standard InChI is InChI=1S/C13H17F2NO2/c1-8(2)13-10(15)6-9(14)7-11(13)18-5-4-12(17)16-3/h6-8H,4-5H2,1-3H3,(H,16,17). The Hall–Kier alpha value is -1.65. The number of hydrogen-bond donors (Lipinski definition) is 1. The van der Waals surface area contributed by atoms with E-state index in [4.69, 9.17) is 4.74 Å². The van der Waals surface area contributed by atoms with Gasteiger partial charge in [0.2, 0.25) is 5.91 Å². The van der Waals surface area contributed by atoms with Gasteiger partial charge in [0.05, 0.1) is 13.0 Å². The number of hydrogen-bond acceptors (Lipinski definition) is 2. The number of halogens is 2. The van der Waals surface area contributed by atoms with Crippen molar-refractivity contribution in [2.24, 2.45) is 0 Å². The molecule has 100 valence electrons. The van der Waals surface area contributed by atoms with E-state index in [9.17, 15) is 13.6 Å². The Morgan fingerprint density at radius 2 is 2.06 bits per heavy atom. The lowest BCUT2D eigenvalue weighted by molar-refractivity contribution is -0.121. The topological polar surface area (TPSA) is 38.3 Å². The molecule has 0 radical (unpaired) electrons. The third kappa shape index (κ3) is 3.68. The number of amides is 1. The quantitative estimate of drug-likeness (QED) is 0.880. The average Bonchev–Trinajstić information content (AvgIpc) is 2.27. The van der Waals surface area contributed by atoms with Crippen molar-refractivity contribution in [2.45, 2.75) is 26.2 Å². The minimum absolute atomic E-state index is 0.0856. The van der Waals surface area contributed by atoms with E-state index in [1.54, 1.807) is 13.8 Å². The van der Waals surface area contributed by atoms with Crippen molar-refractivity contribution in [3.05, 3.63) is 29.3 Å². The molecule has 0 aromatic heterocycles. The highest BCUT2D eigenvalue weighted by molar-refractivity contribution is 5.75. The Labute approximate surface area is 105 Å². The second-order valence-corrected chi connectivity index (χ2v) is 4.23. The maximum atomic E-state index is 13.6. The zero-order valence-corrected chi connectivity index (χ0v) is 10.7. The Bertz CT molecular complexity index is 433. The first kappa shape index (κ1) is 14.4. The highest BCUT2D eigenvalue weighted by Gasteiger charge is 2.16. The summed E-state index contributed by atoms with van der Waals surface area (Å²) in [5.41, 5.74) is 0.327. The van der Waals surface area contributed by atoms with E-state index in [2.05, 4.69) is 5.32 Å². The number of ether oxygens (including phenoxy) is 1. The fourth-order valence-corrected chi connectivity index (χ4v) is 1.62. The van der Waals surface area contributed by atoms with E-state index >= 15 is 0 Å². The summed E-state index contributed by atoms with van der Waals surface area (Å²) >= 11 is 0. The molecule has 0 unspecified atom stereocenters. The summed E-state index contributed by atoms with van der Waals surface area (Å²) in [6, 6.07) is 1.98. The van der Waals surface area contributed by atoms with Gasteiger partial charge in [0.15, 0.2) is 0 Å². The molecule has 3 nitrogen and oxygen atoms in total. The molecule has 5 heteroatoms. The third-order valence-corrected chi connectivity index (χ3v) is 2.50. The summed E-state index contributed by atoms with van der Waals surface area (Å²) in [5, 5.41) is 2.44. The van der Waals surface area contributed by atoms with E-state index in [1.165, 1.54) is 7.05 Å². The van der Waals surface area contributed by atoms with Crippen molar-refractivity contribution in [3.8, 4) is 5.75 Å². The van der Waals surface area contributed by atoms with Gasteiger partial charge in [0.1, 0.15) is 17.4 Å².